The fourth-order valence-electron chi connectivity index (χ4n) is 2.19. The fraction of sp³-hybridized carbons (Fsp3) is 0. The average molecular weight is 371 g/mol. The zero-order valence-electron chi connectivity index (χ0n) is 10.9. The third-order valence-corrected chi connectivity index (χ3v) is 10.1. The van der Waals surface area contributed by atoms with Gasteiger partial charge >= 0.3 is 126 Å². The summed E-state index contributed by atoms with van der Waals surface area (Å²) >= 11 is -2.02. The minimum atomic E-state index is -2.02. The summed E-state index contributed by atoms with van der Waals surface area (Å²) < 4.78 is 17.3. The number of hydrogen-bond acceptors (Lipinski definition) is 0. The van der Waals surface area contributed by atoms with Gasteiger partial charge in [0.15, 0.2) is 0 Å². The number of rotatable bonds is 3. The van der Waals surface area contributed by atoms with Crippen LogP contribution >= 0.6 is 0 Å². The molecule has 3 aromatic rings. The molecule has 0 N–H and O–H groups in total. The second-order valence-electron chi connectivity index (χ2n) is 4.48. The van der Waals surface area contributed by atoms with Gasteiger partial charge in [-0.2, -0.15) is 0 Å². The van der Waals surface area contributed by atoms with Gasteiger partial charge in [0.25, 0.3) is 0 Å². The van der Waals surface area contributed by atoms with E-state index in [0.717, 1.165) is 0 Å². The molecule has 0 saturated carbocycles. The normalized spacial score (nSPS) is 10.7. The Morgan fingerprint density at radius 2 is 0.900 bits per heavy atom. The molecule has 3 aromatic carbocycles. The van der Waals surface area contributed by atoms with E-state index in [9.17, 15) is 4.39 Å². The van der Waals surface area contributed by atoms with Crippen LogP contribution in [-0.4, -0.2) is 20.2 Å². The van der Waals surface area contributed by atoms with Gasteiger partial charge in [-0.15, -0.1) is 0 Å². The molecule has 2 heteroatoms. The van der Waals surface area contributed by atoms with Crippen molar-refractivity contribution in [1.29, 1.82) is 0 Å². The molecule has 0 aliphatic heterocycles. The van der Waals surface area contributed by atoms with E-state index in [4.69, 9.17) is 0 Å². The molecule has 20 heavy (non-hydrogen) atoms. The number of halogens is 1. The Bertz CT molecular complexity index is 623. The summed E-state index contributed by atoms with van der Waals surface area (Å²) in [7, 11) is 0. The second kappa shape index (κ2) is 6.24. The summed E-state index contributed by atoms with van der Waals surface area (Å²) in [5.41, 5.74) is 0. The van der Waals surface area contributed by atoms with Gasteiger partial charge in [-0.25, -0.2) is 0 Å². The summed E-state index contributed by atoms with van der Waals surface area (Å²) in [6.07, 6.45) is 0. The maximum absolute atomic E-state index is 13.2. The summed E-state index contributed by atoms with van der Waals surface area (Å²) in [5, 5.41) is 0. The Balaban J connectivity index is 2.11. The zero-order valence-corrected chi connectivity index (χ0v) is 13.5. The molecule has 0 aliphatic carbocycles. The quantitative estimate of drug-likeness (QED) is 0.621. The topological polar surface area (TPSA) is 0 Å². The van der Waals surface area contributed by atoms with Gasteiger partial charge in [-0.1, -0.05) is 0 Å². The molecule has 0 bridgehead atoms. The molecule has 0 radical (unpaired) electrons. The Hall–Kier alpha value is -1.59. The molecule has 0 fully saturated rings. The minimum absolute atomic E-state index is 0.171. The van der Waals surface area contributed by atoms with Crippen molar-refractivity contribution in [1.82, 2.24) is 0 Å². The van der Waals surface area contributed by atoms with Gasteiger partial charge in [-0.3, -0.25) is 0 Å². The Labute approximate surface area is 125 Å². The predicted octanol–water partition coefficient (Wildman–Crippen LogP) is 2.34. The van der Waals surface area contributed by atoms with E-state index in [2.05, 4.69) is 48.5 Å². The molecule has 0 heterocycles. The van der Waals surface area contributed by atoms with E-state index in [1.807, 2.05) is 24.3 Å². The number of hydrogen-bond donors (Lipinski definition) is 0. The maximum atomic E-state index is 13.2. The first-order valence-corrected chi connectivity index (χ1v) is 10.3. The molecule has 0 aromatic heterocycles. The predicted molar refractivity (Wildman–Crippen MR) is 83.9 cm³/mol. The van der Waals surface area contributed by atoms with E-state index >= 15 is 0 Å². The molecular weight excluding hydrogens is 357 g/mol. The van der Waals surface area contributed by atoms with E-state index < -0.39 is 20.2 Å². The molecule has 0 amide bonds. The summed E-state index contributed by atoms with van der Waals surface area (Å²) in [5.74, 6) is -0.171. The van der Waals surface area contributed by atoms with Crippen molar-refractivity contribution in [2.45, 2.75) is 0 Å². The van der Waals surface area contributed by atoms with Crippen LogP contribution in [0.15, 0.2) is 84.9 Å². The second-order valence-corrected chi connectivity index (χ2v) is 10.8. The molecule has 3 rings (SSSR count). The zero-order chi connectivity index (χ0) is 13.8. The fourth-order valence-corrected chi connectivity index (χ4v) is 8.71. The van der Waals surface area contributed by atoms with Crippen LogP contribution in [0.25, 0.3) is 0 Å². The van der Waals surface area contributed by atoms with Crippen LogP contribution in [0.3, 0.4) is 0 Å². The molecular formula is C18H14FSb. The van der Waals surface area contributed by atoms with Crippen LogP contribution in [0.2, 0.25) is 0 Å². The van der Waals surface area contributed by atoms with Gasteiger partial charge in [0.2, 0.25) is 0 Å². The summed E-state index contributed by atoms with van der Waals surface area (Å²) in [6, 6.07) is 28.2. The molecule has 98 valence electrons. The van der Waals surface area contributed by atoms with Crippen LogP contribution in [0.1, 0.15) is 0 Å². The standard InChI is InChI=1S/C6H4F.2C6H5.Sb/c7-6-4-2-1-3-5-6;2*1-2-4-6-5-3-1;/h2-5H;2*1-5H;. The third-order valence-electron chi connectivity index (χ3n) is 3.11. The van der Waals surface area contributed by atoms with Gasteiger partial charge in [-0.05, 0) is 0 Å². The van der Waals surface area contributed by atoms with Crippen molar-refractivity contribution in [3.63, 3.8) is 0 Å². The van der Waals surface area contributed by atoms with Crippen molar-refractivity contribution in [3.8, 4) is 0 Å². The average Bonchev–Trinajstić information content (AvgIpc) is 2.52. The molecule has 0 spiro atoms. The molecule has 0 unspecified atom stereocenters. The van der Waals surface area contributed by atoms with Gasteiger partial charge in [0.05, 0.1) is 0 Å². The van der Waals surface area contributed by atoms with Gasteiger partial charge in [0, 0.05) is 0 Å². The molecule has 0 aliphatic rings. The number of benzene rings is 3. The van der Waals surface area contributed by atoms with Crippen LogP contribution < -0.4 is 10.5 Å². The van der Waals surface area contributed by atoms with Gasteiger partial charge in [0.1, 0.15) is 0 Å². The monoisotopic (exact) mass is 370 g/mol. The van der Waals surface area contributed by atoms with E-state index in [-0.39, 0.29) is 5.82 Å². The van der Waals surface area contributed by atoms with Crippen molar-refractivity contribution >= 4 is 30.7 Å². The van der Waals surface area contributed by atoms with Crippen LogP contribution in [0, 0.1) is 5.82 Å². The summed E-state index contributed by atoms with van der Waals surface area (Å²) in [6.45, 7) is 0. The van der Waals surface area contributed by atoms with E-state index in [0.29, 0.717) is 0 Å². The van der Waals surface area contributed by atoms with Crippen molar-refractivity contribution in [3.05, 3.63) is 90.7 Å². The van der Waals surface area contributed by atoms with Crippen molar-refractivity contribution < 1.29 is 4.39 Å². The Morgan fingerprint density at radius 1 is 0.500 bits per heavy atom. The SMILES string of the molecule is Fc1cc[c]([Sb]([c]2ccccc2)[c]2ccccc2)cc1. The van der Waals surface area contributed by atoms with Crippen LogP contribution in [0.4, 0.5) is 4.39 Å². The molecule has 0 atom stereocenters. The molecule has 0 saturated heterocycles. The van der Waals surface area contributed by atoms with E-state index in [1.54, 1.807) is 12.1 Å². The molecule has 0 nitrogen and oxygen atoms in total. The third kappa shape index (κ3) is 2.94. The first kappa shape index (κ1) is 13.4. The first-order chi connectivity index (χ1) is 9.84. The van der Waals surface area contributed by atoms with Crippen LogP contribution in [0.5, 0.6) is 0 Å². The van der Waals surface area contributed by atoms with Crippen molar-refractivity contribution in [2.75, 3.05) is 0 Å². The van der Waals surface area contributed by atoms with Gasteiger partial charge < -0.3 is 0 Å². The van der Waals surface area contributed by atoms with E-state index in [1.165, 1.54) is 10.5 Å². The van der Waals surface area contributed by atoms with Crippen LogP contribution in [-0.2, 0) is 0 Å². The van der Waals surface area contributed by atoms with Crippen molar-refractivity contribution in [2.24, 2.45) is 0 Å². The summed E-state index contributed by atoms with van der Waals surface area (Å²) in [4.78, 5) is 0. The Kier molecular flexibility index (Phi) is 4.18. The first-order valence-electron chi connectivity index (χ1n) is 6.50. The Morgan fingerprint density at radius 3 is 1.35 bits per heavy atom.